The van der Waals surface area contributed by atoms with E-state index in [1.54, 1.807) is 16.2 Å². The Hall–Kier alpha value is -2.14. The van der Waals surface area contributed by atoms with Crippen molar-refractivity contribution in [3.63, 3.8) is 0 Å². The fourth-order valence-electron chi connectivity index (χ4n) is 2.75. The third kappa shape index (κ3) is 5.70. The Labute approximate surface area is 160 Å². The highest BCUT2D eigenvalue weighted by Crippen LogP contribution is 2.18. The minimum absolute atomic E-state index is 0.00151. The lowest BCUT2D eigenvalue weighted by Gasteiger charge is -2.36. The normalized spacial score (nSPS) is 11.2. The van der Waals surface area contributed by atoms with E-state index >= 15 is 0 Å². The maximum Gasteiger partial charge on any atom is 0.242 e. The molecular weight excluding hydrogens is 344 g/mol. The molecule has 0 N–H and O–H groups in total. The number of hydrogen-bond acceptors (Lipinski definition) is 3. The minimum atomic E-state index is -0.385. The highest BCUT2D eigenvalue weighted by atomic mass is 32.1. The van der Waals surface area contributed by atoms with Crippen molar-refractivity contribution in [1.82, 2.24) is 9.80 Å². The number of thiophene rings is 1. The Morgan fingerprint density at radius 1 is 0.962 bits per heavy atom. The van der Waals surface area contributed by atoms with Crippen LogP contribution in [-0.2, 0) is 22.7 Å². The molecule has 0 aliphatic rings. The molecule has 140 valence electrons. The molecule has 26 heavy (non-hydrogen) atoms. The van der Waals surface area contributed by atoms with Gasteiger partial charge in [-0.2, -0.15) is 0 Å². The van der Waals surface area contributed by atoms with Crippen LogP contribution >= 0.6 is 11.3 Å². The zero-order valence-electron chi connectivity index (χ0n) is 16.1. The number of benzene rings is 1. The summed E-state index contributed by atoms with van der Waals surface area (Å²) in [6.07, 6.45) is 0.397. The van der Waals surface area contributed by atoms with Crippen molar-refractivity contribution in [1.29, 1.82) is 0 Å². The summed E-state index contributed by atoms with van der Waals surface area (Å²) in [5.41, 5.74) is 0.700. The van der Waals surface area contributed by atoms with Crippen LogP contribution in [0.4, 0.5) is 0 Å². The van der Waals surface area contributed by atoms with Crippen LogP contribution in [0.3, 0.4) is 0 Å². The van der Waals surface area contributed by atoms with Gasteiger partial charge < -0.3 is 9.80 Å². The van der Waals surface area contributed by atoms with Crippen molar-refractivity contribution in [3.8, 4) is 0 Å². The Bertz CT molecular complexity index is 705. The molecule has 4 nitrogen and oxygen atoms in total. The topological polar surface area (TPSA) is 40.6 Å². The van der Waals surface area contributed by atoms with Gasteiger partial charge >= 0.3 is 0 Å². The van der Waals surface area contributed by atoms with Gasteiger partial charge in [0.05, 0.1) is 6.54 Å². The molecule has 1 aromatic carbocycles. The molecule has 0 aliphatic carbocycles. The van der Waals surface area contributed by atoms with Gasteiger partial charge in [-0.1, -0.05) is 43.3 Å². The number of nitrogens with zero attached hydrogens (tertiary/aromatic N) is 2. The fraction of sp³-hybridized carbons (Fsp3) is 0.429. The van der Waals surface area contributed by atoms with Crippen LogP contribution in [0.5, 0.6) is 0 Å². The standard InChI is InChI=1S/C21H28N2O2S/c1-5-19(24)23(21(2,3)4)16-20(25)22(15-18-12-9-13-26-18)14-17-10-7-6-8-11-17/h6-13H,5,14-16H2,1-4H3. The SMILES string of the molecule is CCC(=O)N(CC(=O)N(Cc1ccccc1)Cc1cccs1)C(C)(C)C. The number of carbonyl (C=O) groups is 2. The lowest BCUT2D eigenvalue weighted by Crippen LogP contribution is -2.50. The van der Waals surface area contributed by atoms with Crippen LogP contribution in [0.25, 0.3) is 0 Å². The maximum atomic E-state index is 13.1. The van der Waals surface area contributed by atoms with Gasteiger partial charge in [0.15, 0.2) is 0 Å². The number of amides is 2. The van der Waals surface area contributed by atoms with E-state index in [4.69, 9.17) is 0 Å². The molecule has 0 unspecified atom stereocenters. The molecule has 2 amide bonds. The predicted octanol–water partition coefficient (Wildman–Crippen LogP) is 4.31. The van der Waals surface area contributed by atoms with Crippen molar-refractivity contribution >= 4 is 23.2 Å². The Morgan fingerprint density at radius 3 is 2.19 bits per heavy atom. The minimum Gasteiger partial charge on any atom is -0.332 e. The van der Waals surface area contributed by atoms with Crippen molar-refractivity contribution in [3.05, 3.63) is 58.3 Å². The first-order valence-electron chi connectivity index (χ1n) is 8.95. The van der Waals surface area contributed by atoms with Crippen molar-refractivity contribution in [2.24, 2.45) is 0 Å². The first kappa shape index (κ1) is 20.2. The summed E-state index contributed by atoms with van der Waals surface area (Å²) >= 11 is 1.64. The fourth-order valence-corrected chi connectivity index (χ4v) is 3.47. The zero-order valence-corrected chi connectivity index (χ0v) is 16.9. The van der Waals surface area contributed by atoms with E-state index < -0.39 is 0 Å². The quantitative estimate of drug-likeness (QED) is 0.726. The highest BCUT2D eigenvalue weighted by molar-refractivity contribution is 7.09. The lowest BCUT2D eigenvalue weighted by molar-refractivity contribution is -0.145. The van der Waals surface area contributed by atoms with Gasteiger partial charge in [0.1, 0.15) is 6.54 Å². The molecule has 0 spiro atoms. The summed E-state index contributed by atoms with van der Waals surface area (Å²) < 4.78 is 0. The molecule has 2 rings (SSSR count). The van der Waals surface area contributed by atoms with E-state index in [1.165, 1.54) is 0 Å². The van der Waals surface area contributed by atoms with E-state index in [0.717, 1.165) is 10.4 Å². The summed E-state index contributed by atoms with van der Waals surface area (Å²) in [5.74, 6) is -0.0272. The highest BCUT2D eigenvalue weighted by Gasteiger charge is 2.29. The summed E-state index contributed by atoms with van der Waals surface area (Å²) in [4.78, 5) is 30.1. The van der Waals surface area contributed by atoms with Crippen molar-refractivity contribution in [2.75, 3.05) is 6.54 Å². The van der Waals surface area contributed by atoms with Crippen LogP contribution in [0.1, 0.15) is 44.6 Å². The molecule has 0 radical (unpaired) electrons. The lowest BCUT2D eigenvalue weighted by atomic mass is 10.1. The molecule has 5 heteroatoms. The van der Waals surface area contributed by atoms with E-state index in [1.807, 2.05) is 80.4 Å². The molecular formula is C21H28N2O2S. The molecule has 0 atom stereocenters. The zero-order chi connectivity index (χ0) is 19.2. The molecule has 1 aromatic heterocycles. The Kier molecular flexibility index (Phi) is 6.98. The summed E-state index contributed by atoms with van der Waals surface area (Å²) in [5, 5.41) is 2.02. The number of rotatable bonds is 7. The van der Waals surface area contributed by atoms with E-state index in [-0.39, 0.29) is 23.9 Å². The van der Waals surface area contributed by atoms with Crippen LogP contribution in [-0.4, -0.2) is 33.7 Å². The monoisotopic (exact) mass is 372 g/mol. The van der Waals surface area contributed by atoms with Gasteiger partial charge in [0.2, 0.25) is 11.8 Å². The Morgan fingerprint density at radius 2 is 1.65 bits per heavy atom. The van der Waals surface area contributed by atoms with Crippen molar-refractivity contribution < 1.29 is 9.59 Å². The van der Waals surface area contributed by atoms with Gasteiger partial charge in [0.25, 0.3) is 0 Å². The number of carbonyl (C=O) groups excluding carboxylic acids is 2. The smallest absolute Gasteiger partial charge is 0.242 e. The first-order chi connectivity index (χ1) is 12.3. The maximum absolute atomic E-state index is 13.1. The summed E-state index contributed by atoms with van der Waals surface area (Å²) in [7, 11) is 0. The Balaban J connectivity index is 2.19. The molecule has 0 saturated heterocycles. The summed E-state index contributed by atoms with van der Waals surface area (Å²) in [6, 6.07) is 14.0. The van der Waals surface area contributed by atoms with Gasteiger partial charge in [0, 0.05) is 23.4 Å². The van der Waals surface area contributed by atoms with Crippen molar-refractivity contribution in [2.45, 2.75) is 52.7 Å². The third-order valence-corrected chi connectivity index (χ3v) is 5.06. The average Bonchev–Trinajstić information content (AvgIpc) is 3.11. The second kappa shape index (κ2) is 8.99. The van der Waals surface area contributed by atoms with Gasteiger partial charge in [-0.3, -0.25) is 9.59 Å². The second-order valence-corrected chi connectivity index (χ2v) is 8.35. The van der Waals surface area contributed by atoms with Gasteiger partial charge in [-0.05, 0) is 37.8 Å². The summed E-state index contributed by atoms with van der Waals surface area (Å²) in [6.45, 7) is 8.94. The third-order valence-electron chi connectivity index (χ3n) is 4.20. The molecule has 0 bridgehead atoms. The average molecular weight is 373 g/mol. The molecule has 0 saturated carbocycles. The van der Waals surface area contributed by atoms with Crippen LogP contribution in [0.15, 0.2) is 47.8 Å². The van der Waals surface area contributed by atoms with Crippen LogP contribution in [0, 0.1) is 0 Å². The predicted molar refractivity (Wildman–Crippen MR) is 107 cm³/mol. The van der Waals surface area contributed by atoms with E-state index in [0.29, 0.717) is 19.5 Å². The number of hydrogen-bond donors (Lipinski definition) is 0. The molecule has 0 aliphatic heterocycles. The van der Waals surface area contributed by atoms with Crippen LogP contribution in [0.2, 0.25) is 0 Å². The van der Waals surface area contributed by atoms with Gasteiger partial charge in [-0.15, -0.1) is 11.3 Å². The molecule has 0 fully saturated rings. The van der Waals surface area contributed by atoms with E-state index in [9.17, 15) is 9.59 Å². The van der Waals surface area contributed by atoms with E-state index in [2.05, 4.69) is 0 Å². The van der Waals surface area contributed by atoms with Crippen LogP contribution < -0.4 is 0 Å². The second-order valence-electron chi connectivity index (χ2n) is 7.32. The molecule has 1 heterocycles. The van der Waals surface area contributed by atoms with Gasteiger partial charge in [-0.25, -0.2) is 0 Å². The first-order valence-corrected chi connectivity index (χ1v) is 9.83. The largest absolute Gasteiger partial charge is 0.332 e. The molecule has 2 aromatic rings.